The van der Waals surface area contributed by atoms with Gasteiger partial charge in [-0.1, -0.05) is 26.0 Å². The molecule has 0 aliphatic carbocycles. The minimum absolute atomic E-state index is 0.324. The fourth-order valence-electron chi connectivity index (χ4n) is 3.05. The van der Waals surface area contributed by atoms with Crippen LogP contribution in [0.5, 0.6) is 0 Å². The van der Waals surface area contributed by atoms with Gasteiger partial charge in [-0.15, -0.1) is 0 Å². The van der Waals surface area contributed by atoms with Gasteiger partial charge in [0.2, 0.25) is 5.91 Å². The lowest BCUT2D eigenvalue weighted by Gasteiger charge is -2.18. The smallest absolute Gasteiger partial charge is 0.325 e. The van der Waals surface area contributed by atoms with Gasteiger partial charge in [-0.3, -0.25) is 14.5 Å². The molecule has 2 atom stereocenters. The summed E-state index contributed by atoms with van der Waals surface area (Å²) in [5.74, 6) is -0.201. The number of carbonyl (C=O) groups is 3. The molecule has 1 aromatic heterocycles. The van der Waals surface area contributed by atoms with E-state index in [4.69, 9.17) is 4.42 Å². The molecule has 4 amide bonds. The molecule has 27 heavy (non-hydrogen) atoms. The molecule has 1 fully saturated rings. The normalized spacial score (nSPS) is 20.5. The Morgan fingerprint density at radius 1 is 1.26 bits per heavy atom. The van der Waals surface area contributed by atoms with E-state index in [1.54, 1.807) is 19.1 Å². The van der Waals surface area contributed by atoms with Crippen molar-refractivity contribution in [2.45, 2.75) is 38.6 Å². The molecule has 2 heterocycles. The molecule has 0 radical (unpaired) electrons. The van der Waals surface area contributed by atoms with E-state index in [-0.39, 0.29) is 6.54 Å². The molecule has 1 aliphatic heterocycles. The third-order valence-corrected chi connectivity index (χ3v) is 4.97. The van der Waals surface area contributed by atoms with Crippen LogP contribution < -0.4 is 10.6 Å². The minimum Gasteiger partial charge on any atom is -0.466 e. The van der Waals surface area contributed by atoms with Gasteiger partial charge >= 0.3 is 6.03 Å². The second-order valence-corrected chi connectivity index (χ2v) is 6.90. The molecule has 2 aromatic rings. The maximum absolute atomic E-state index is 12.7. The van der Waals surface area contributed by atoms with Crippen molar-refractivity contribution >= 4 is 23.5 Å². The van der Waals surface area contributed by atoms with E-state index >= 15 is 0 Å². The third-order valence-electron chi connectivity index (χ3n) is 4.97. The van der Waals surface area contributed by atoms with E-state index in [1.165, 1.54) is 11.8 Å². The van der Waals surface area contributed by atoms with Gasteiger partial charge in [0.25, 0.3) is 5.91 Å². The van der Waals surface area contributed by atoms with Crippen molar-refractivity contribution in [2.75, 3.05) is 11.9 Å². The summed E-state index contributed by atoms with van der Waals surface area (Å²) in [6.07, 6.45) is 2.46. The van der Waals surface area contributed by atoms with Crippen LogP contribution in [0.2, 0.25) is 0 Å². The van der Waals surface area contributed by atoms with Gasteiger partial charge < -0.3 is 15.1 Å². The fourth-order valence-corrected chi connectivity index (χ4v) is 3.05. The van der Waals surface area contributed by atoms with Crippen molar-refractivity contribution in [1.29, 1.82) is 0 Å². The van der Waals surface area contributed by atoms with Gasteiger partial charge in [-0.2, -0.15) is 0 Å². The number of nitrogens with one attached hydrogen (secondary N) is 2. The van der Waals surface area contributed by atoms with Crippen molar-refractivity contribution in [3.8, 4) is 0 Å². The fraction of sp³-hybridized carbons (Fsp3) is 0.350. The van der Waals surface area contributed by atoms with E-state index in [2.05, 4.69) is 24.5 Å². The second kappa shape index (κ2) is 7.26. The largest absolute Gasteiger partial charge is 0.466 e. The summed E-state index contributed by atoms with van der Waals surface area (Å²) in [6, 6.07) is 10.2. The Bertz CT molecular complexity index is 845. The zero-order valence-corrected chi connectivity index (χ0v) is 15.6. The van der Waals surface area contributed by atoms with E-state index in [1.807, 2.05) is 24.3 Å². The molecule has 1 aromatic carbocycles. The molecule has 7 heteroatoms. The van der Waals surface area contributed by atoms with Crippen LogP contribution in [0.25, 0.3) is 0 Å². The number of nitrogens with zero attached hydrogens (tertiary/aromatic N) is 1. The molecule has 1 saturated heterocycles. The summed E-state index contributed by atoms with van der Waals surface area (Å²) in [7, 11) is 0. The van der Waals surface area contributed by atoms with Crippen LogP contribution >= 0.6 is 0 Å². The quantitative estimate of drug-likeness (QED) is 0.765. The van der Waals surface area contributed by atoms with Gasteiger partial charge in [-0.25, -0.2) is 4.79 Å². The number of hydrogen-bond donors (Lipinski definition) is 2. The van der Waals surface area contributed by atoms with E-state index < -0.39 is 23.4 Å². The van der Waals surface area contributed by atoms with Gasteiger partial charge in [0.05, 0.1) is 6.26 Å². The van der Waals surface area contributed by atoms with Crippen molar-refractivity contribution in [2.24, 2.45) is 0 Å². The summed E-state index contributed by atoms with van der Waals surface area (Å²) in [5, 5.41) is 5.31. The molecule has 142 valence electrons. The first-order chi connectivity index (χ1) is 12.8. The first kappa shape index (κ1) is 18.7. The van der Waals surface area contributed by atoms with Crippen molar-refractivity contribution < 1.29 is 18.8 Å². The van der Waals surface area contributed by atoms with Crippen molar-refractivity contribution in [3.63, 3.8) is 0 Å². The Morgan fingerprint density at radius 2 is 1.96 bits per heavy atom. The zero-order valence-electron chi connectivity index (χ0n) is 15.6. The van der Waals surface area contributed by atoms with Crippen molar-refractivity contribution in [1.82, 2.24) is 10.2 Å². The summed E-state index contributed by atoms with van der Waals surface area (Å²) < 4.78 is 5.27. The number of imide groups is 1. The molecule has 2 unspecified atom stereocenters. The highest BCUT2D eigenvalue weighted by Crippen LogP contribution is 2.29. The first-order valence-corrected chi connectivity index (χ1v) is 8.93. The monoisotopic (exact) mass is 369 g/mol. The maximum Gasteiger partial charge on any atom is 0.325 e. The van der Waals surface area contributed by atoms with E-state index in [0.717, 1.165) is 11.3 Å². The molecular formula is C20H23N3O4. The summed E-state index contributed by atoms with van der Waals surface area (Å²) >= 11 is 0. The van der Waals surface area contributed by atoms with Gasteiger partial charge in [0, 0.05) is 5.69 Å². The summed E-state index contributed by atoms with van der Waals surface area (Å²) in [5.41, 5.74) is 0.505. The number of rotatable bonds is 6. The third kappa shape index (κ3) is 3.58. The Hall–Kier alpha value is -3.09. The van der Waals surface area contributed by atoms with Crippen LogP contribution in [-0.4, -0.2) is 29.3 Å². The number of furan rings is 1. The van der Waals surface area contributed by atoms with Crippen LogP contribution in [0, 0.1) is 0 Å². The van der Waals surface area contributed by atoms with Crippen LogP contribution in [0.1, 0.15) is 44.4 Å². The highest BCUT2D eigenvalue weighted by molar-refractivity contribution is 6.10. The number of hydrogen-bond acceptors (Lipinski definition) is 4. The van der Waals surface area contributed by atoms with E-state index in [0.29, 0.717) is 17.4 Å². The zero-order chi connectivity index (χ0) is 19.6. The van der Waals surface area contributed by atoms with Gasteiger partial charge in [0.15, 0.2) is 5.54 Å². The van der Waals surface area contributed by atoms with Gasteiger partial charge in [0.1, 0.15) is 12.3 Å². The standard InChI is InChI=1S/C20H23N3O4/c1-4-13(2)14-7-9-15(10-8-14)21-17(24)12-23-18(25)20(3,22-19(23)26)16-6-5-11-27-16/h5-11,13H,4,12H2,1-3H3,(H,21,24)(H,22,26). The minimum atomic E-state index is -1.31. The lowest BCUT2D eigenvalue weighted by Crippen LogP contribution is -2.41. The average molecular weight is 369 g/mol. The lowest BCUT2D eigenvalue weighted by atomic mass is 9.98. The SMILES string of the molecule is CCC(C)c1ccc(NC(=O)CN2C(=O)NC(C)(c3ccco3)C2=O)cc1. The second-order valence-electron chi connectivity index (χ2n) is 6.90. The van der Waals surface area contributed by atoms with Gasteiger partial charge in [-0.05, 0) is 49.1 Å². The van der Waals surface area contributed by atoms with Crippen LogP contribution in [-0.2, 0) is 15.1 Å². The van der Waals surface area contributed by atoms with Crippen molar-refractivity contribution in [3.05, 3.63) is 54.0 Å². The maximum atomic E-state index is 12.7. The molecule has 1 aliphatic rings. The number of carbonyl (C=O) groups excluding carboxylic acids is 3. The number of anilines is 1. The van der Waals surface area contributed by atoms with E-state index in [9.17, 15) is 14.4 Å². The number of benzene rings is 1. The number of urea groups is 1. The summed E-state index contributed by atoms with van der Waals surface area (Å²) in [6.45, 7) is 5.45. The molecular weight excluding hydrogens is 346 g/mol. The predicted octanol–water partition coefficient (Wildman–Crippen LogP) is 3.20. The lowest BCUT2D eigenvalue weighted by molar-refractivity contribution is -0.134. The Kier molecular flexibility index (Phi) is 5.03. The molecule has 2 N–H and O–H groups in total. The Labute approximate surface area is 157 Å². The summed E-state index contributed by atoms with van der Waals surface area (Å²) in [4.78, 5) is 38.1. The molecule has 3 rings (SSSR count). The topological polar surface area (TPSA) is 91.7 Å². The molecule has 7 nitrogen and oxygen atoms in total. The molecule has 0 bridgehead atoms. The molecule has 0 spiro atoms. The Morgan fingerprint density at radius 3 is 2.56 bits per heavy atom. The highest BCUT2D eigenvalue weighted by Gasteiger charge is 2.51. The predicted molar refractivity (Wildman–Crippen MR) is 100 cm³/mol. The average Bonchev–Trinajstić information content (AvgIpc) is 3.26. The Balaban J connectivity index is 1.66. The van der Waals surface area contributed by atoms with Crippen LogP contribution in [0.4, 0.5) is 10.5 Å². The molecule has 0 saturated carbocycles. The van der Waals surface area contributed by atoms with Crippen LogP contribution in [0.15, 0.2) is 47.1 Å². The number of amides is 4. The first-order valence-electron chi connectivity index (χ1n) is 8.93. The highest BCUT2D eigenvalue weighted by atomic mass is 16.3. The van der Waals surface area contributed by atoms with Crippen LogP contribution in [0.3, 0.4) is 0 Å².